The second-order valence-corrected chi connectivity index (χ2v) is 33.6. The molecule has 11 atom stereocenters. The standard InChI is InChI=1S/C75H112F10N12O12/c1-13-42(2)60-68(107)91(8)38-58(100)92(9)51-21-15-14-18-30-96(67(51)106)54(34-44-24-27-47(28-25-44)74(80,81)82)66(105)90(7)37-56(98)86-50(29-26-45-31-48(76)59(49(77)32-45)75(83,84)85)64(103)97-41-73(78,79)36-55(97)63(102)88-72(39-71(3,4)40-72)70(109)95(12)61(46-19-16-17-20-46)69(108)94(11)53(65(104)89(5)6)35-57(99)93(10)52(62(101)87-60)33-43-22-23-43/h14-15,42-55,59-61H,13,16-41H2,1-12H3,(H,86,98)(H,87,101)(H,88,102)/b15-14-/t42-,44?,45?,47?,48?,49?,50-,51-,52-,53-,54-,55-,59?,60-,61-/m0/s1. The number of nitrogens with one attached hydrogen (secondary N) is 3. The van der Waals surface area contributed by atoms with Gasteiger partial charge >= 0.3 is 12.4 Å². The number of halogens is 10. The van der Waals surface area contributed by atoms with E-state index in [1.165, 1.54) is 59.1 Å². The molecule has 2 unspecified atom stereocenters. The van der Waals surface area contributed by atoms with Crippen LogP contribution in [0.3, 0.4) is 0 Å². The maximum absolute atomic E-state index is 16.3. The first-order valence-electron chi connectivity index (χ1n) is 38.4. The number of alkyl halides is 10. The molecule has 0 aromatic heterocycles. The predicted molar refractivity (Wildman–Crippen MR) is 378 cm³/mol. The average Bonchev–Trinajstić information content (AvgIpc) is 1.35. The van der Waals surface area contributed by atoms with Crippen molar-refractivity contribution in [1.29, 1.82) is 0 Å². The molecule has 3 aliphatic heterocycles. The molecule has 8 rings (SSSR count). The van der Waals surface area contributed by atoms with Crippen LogP contribution in [-0.4, -0.2) is 282 Å². The van der Waals surface area contributed by atoms with E-state index in [0.717, 1.165) is 36.4 Å². The molecule has 0 radical (unpaired) electrons. The van der Waals surface area contributed by atoms with Gasteiger partial charge in [0.15, 0.2) is 0 Å². The molecule has 0 aromatic carbocycles. The van der Waals surface area contributed by atoms with Gasteiger partial charge in [0.1, 0.15) is 72.1 Å². The van der Waals surface area contributed by atoms with Crippen LogP contribution in [0.4, 0.5) is 43.9 Å². The van der Waals surface area contributed by atoms with Crippen molar-refractivity contribution in [2.24, 2.45) is 46.8 Å². The Bertz CT molecular complexity index is 3360. The second-order valence-electron chi connectivity index (χ2n) is 33.6. The lowest BCUT2D eigenvalue weighted by molar-refractivity contribution is -0.219. The summed E-state index contributed by atoms with van der Waals surface area (Å²) in [7, 11) is 10.5. The molecule has 109 heavy (non-hydrogen) atoms. The Labute approximate surface area is 631 Å². The molecular weight excluding hydrogens is 1450 g/mol. The minimum absolute atomic E-state index is 0.0266. The van der Waals surface area contributed by atoms with E-state index in [2.05, 4.69) is 16.0 Å². The molecule has 12 amide bonds. The third-order valence-corrected chi connectivity index (χ3v) is 24.4. The Balaban J connectivity index is 1.21. The highest BCUT2D eigenvalue weighted by molar-refractivity contribution is 6.01. The molecule has 3 N–H and O–H groups in total. The first kappa shape index (κ1) is 87.3. The van der Waals surface area contributed by atoms with Gasteiger partial charge in [0.05, 0.1) is 32.0 Å². The van der Waals surface area contributed by atoms with Gasteiger partial charge in [-0.25, -0.2) is 17.6 Å². The van der Waals surface area contributed by atoms with Crippen molar-refractivity contribution in [1.82, 2.24) is 60.0 Å². The molecule has 5 saturated carbocycles. The third kappa shape index (κ3) is 20.9. The first-order valence-corrected chi connectivity index (χ1v) is 38.4. The van der Waals surface area contributed by atoms with Gasteiger partial charge in [0.2, 0.25) is 70.9 Å². The lowest BCUT2D eigenvalue weighted by Crippen LogP contribution is -2.71. The lowest BCUT2D eigenvalue weighted by Gasteiger charge is -2.54. The number of hydrogen-bond acceptors (Lipinski definition) is 12. The van der Waals surface area contributed by atoms with Crippen molar-refractivity contribution in [3.05, 3.63) is 12.2 Å². The van der Waals surface area contributed by atoms with Crippen LogP contribution in [0.25, 0.3) is 0 Å². The van der Waals surface area contributed by atoms with Crippen molar-refractivity contribution in [3.8, 4) is 0 Å². The maximum atomic E-state index is 16.3. The summed E-state index contributed by atoms with van der Waals surface area (Å²) in [5.74, 6) is -22.6. The summed E-state index contributed by atoms with van der Waals surface area (Å²) in [5, 5.41) is 7.95. The fourth-order valence-electron chi connectivity index (χ4n) is 17.8. The Morgan fingerprint density at radius 2 is 1.20 bits per heavy atom. The van der Waals surface area contributed by atoms with Crippen LogP contribution in [0, 0.1) is 46.8 Å². The van der Waals surface area contributed by atoms with Gasteiger partial charge in [-0.15, -0.1) is 0 Å². The number of amides is 12. The fourth-order valence-corrected chi connectivity index (χ4v) is 17.8. The van der Waals surface area contributed by atoms with Crippen LogP contribution in [0.5, 0.6) is 0 Å². The van der Waals surface area contributed by atoms with E-state index in [1.807, 2.05) is 0 Å². The average molecular weight is 1560 g/mol. The SMILES string of the molecule is CC[C@H](C)[C@@H]1NC(=O)[C@H](CC2CC2)N(C)C(=O)C[C@@H](C(=O)N(C)C)N(C)C(=O)[C@H](C2CCCC2)N(C)C(=O)C2(CC(C)(C)C2)NC(=O)[C@@H]2CC(F)(F)CN2C(=O)[C@H](CCC2CC(F)C(C(F)(F)F)C(F)C2)NC(=O)CN(C)C(=O)[C@H](CC2CCC(C(F)(F)F)CC2)N2CC/C=C\C[C@@H](C2=O)N(C)C(=O)CN(C)C1=O. The molecule has 7 fully saturated rings. The number of carbonyl (C=O) groups excluding carboxylic acids is 12. The molecule has 24 nitrogen and oxygen atoms in total. The normalized spacial score (nSPS) is 32.7. The zero-order valence-electron chi connectivity index (χ0n) is 64.8. The zero-order chi connectivity index (χ0) is 81.1. The topological polar surface area (TPSA) is 270 Å². The van der Waals surface area contributed by atoms with Gasteiger partial charge in [-0.3, -0.25) is 57.5 Å². The van der Waals surface area contributed by atoms with Crippen LogP contribution >= 0.6 is 0 Å². The van der Waals surface area contributed by atoms with Gasteiger partial charge in [0, 0.05) is 69.3 Å². The minimum atomic E-state index is -5.28. The smallest absolute Gasteiger partial charge is 0.347 e. The maximum Gasteiger partial charge on any atom is 0.397 e. The number of likely N-dealkylation sites (N-methyl/N-ethyl adjacent to an activating group) is 7. The summed E-state index contributed by atoms with van der Waals surface area (Å²) in [6.45, 7) is 3.59. The molecule has 3 heterocycles. The fraction of sp³-hybridized carbons (Fsp3) is 0.813. The Morgan fingerprint density at radius 3 is 1.75 bits per heavy atom. The minimum Gasteiger partial charge on any atom is -0.347 e. The van der Waals surface area contributed by atoms with Crippen LogP contribution in [-0.2, 0) is 57.5 Å². The number of hydrogen-bond donors (Lipinski definition) is 3. The van der Waals surface area contributed by atoms with E-state index in [4.69, 9.17) is 0 Å². The van der Waals surface area contributed by atoms with Gasteiger partial charge in [-0.1, -0.05) is 72.0 Å². The van der Waals surface area contributed by atoms with Crippen molar-refractivity contribution in [2.45, 2.75) is 260 Å². The van der Waals surface area contributed by atoms with E-state index in [-0.39, 0.29) is 76.7 Å². The third-order valence-electron chi connectivity index (χ3n) is 24.4. The molecule has 5 aliphatic carbocycles. The Morgan fingerprint density at radius 1 is 0.624 bits per heavy atom. The van der Waals surface area contributed by atoms with Crippen LogP contribution < -0.4 is 16.0 Å². The Kier molecular flexibility index (Phi) is 28.1. The van der Waals surface area contributed by atoms with Crippen molar-refractivity contribution >= 4 is 70.9 Å². The highest BCUT2D eigenvalue weighted by Gasteiger charge is 2.61. The molecule has 2 bridgehead atoms. The summed E-state index contributed by atoms with van der Waals surface area (Å²) >= 11 is 0. The molecule has 1 spiro atoms. The summed E-state index contributed by atoms with van der Waals surface area (Å²) < 4.78 is 147. The molecule has 0 aromatic rings. The molecule has 34 heteroatoms. The quantitative estimate of drug-likeness (QED) is 0.140. The highest BCUT2D eigenvalue weighted by Crippen LogP contribution is 2.51. The van der Waals surface area contributed by atoms with E-state index >= 15 is 46.3 Å². The molecule has 8 aliphatic rings. The highest BCUT2D eigenvalue weighted by atomic mass is 19.4. The predicted octanol–water partition coefficient (Wildman–Crippen LogP) is 6.97. The van der Waals surface area contributed by atoms with Crippen molar-refractivity contribution in [2.75, 3.05) is 82.6 Å². The lowest BCUT2D eigenvalue weighted by atomic mass is 9.58. The molecule has 2 saturated heterocycles. The monoisotopic (exact) mass is 1560 g/mol. The summed E-state index contributed by atoms with van der Waals surface area (Å²) in [6, 6.07) is -12.6. The second kappa shape index (κ2) is 35.2. The van der Waals surface area contributed by atoms with Crippen molar-refractivity contribution < 1.29 is 101 Å². The van der Waals surface area contributed by atoms with Gasteiger partial charge in [0.25, 0.3) is 5.92 Å². The van der Waals surface area contributed by atoms with E-state index in [0.29, 0.717) is 49.8 Å². The number of nitrogens with zero attached hydrogens (tertiary/aromatic N) is 9. The Hall–Kier alpha value is -7.32. The van der Waals surface area contributed by atoms with Crippen LogP contribution in [0.15, 0.2) is 12.2 Å². The van der Waals surface area contributed by atoms with Gasteiger partial charge < -0.3 is 60.0 Å². The number of rotatable bonds is 11. The molecular formula is C75H112F10N12O12. The van der Waals surface area contributed by atoms with E-state index in [1.54, 1.807) is 39.8 Å². The van der Waals surface area contributed by atoms with Crippen LogP contribution in [0.1, 0.15) is 175 Å². The zero-order valence-corrected chi connectivity index (χ0v) is 64.8. The molecule has 614 valence electrons. The number of carbonyl (C=O) groups is 12. The summed E-state index contributed by atoms with van der Waals surface area (Å²) in [4.78, 5) is 190. The van der Waals surface area contributed by atoms with E-state index in [9.17, 15) is 55.1 Å². The van der Waals surface area contributed by atoms with Gasteiger partial charge in [-0.05, 0) is 138 Å². The van der Waals surface area contributed by atoms with Crippen molar-refractivity contribution in [3.63, 3.8) is 0 Å². The van der Waals surface area contributed by atoms with Gasteiger partial charge in [-0.2, -0.15) is 26.3 Å². The summed E-state index contributed by atoms with van der Waals surface area (Å²) in [6.07, 6.45) is -14.5. The van der Waals surface area contributed by atoms with E-state index < -0.39 is 254 Å². The largest absolute Gasteiger partial charge is 0.397 e. The first-order chi connectivity index (χ1) is 50.7. The van der Waals surface area contributed by atoms with Crippen LogP contribution in [0.2, 0.25) is 0 Å². The number of fused-ring (bicyclic) bond motifs is 3. The summed E-state index contributed by atoms with van der Waals surface area (Å²) in [5.41, 5.74) is -2.71.